The predicted molar refractivity (Wildman–Crippen MR) is 76.8 cm³/mol. The molecule has 0 aliphatic rings. The van der Waals surface area contributed by atoms with Gasteiger partial charge < -0.3 is 10.4 Å². The molecule has 4 nitrogen and oxygen atoms in total. The van der Waals surface area contributed by atoms with Crippen molar-refractivity contribution in [3.05, 3.63) is 21.3 Å². The van der Waals surface area contributed by atoms with Crippen LogP contribution in [0.1, 0.15) is 38.0 Å². The smallest absolute Gasteiger partial charge is 0.309 e. The summed E-state index contributed by atoms with van der Waals surface area (Å²) >= 11 is 7.21. The Morgan fingerprint density at radius 3 is 2.58 bits per heavy atom. The molecule has 1 rings (SSSR count). The van der Waals surface area contributed by atoms with Gasteiger partial charge in [-0.1, -0.05) is 11.6 Å². The van der Waals surface area contributed by atoms with Crippen molar-refractivity contribution in [1.29, 1.82) is 0 Å². The van der Waals surface area contributed by atoms with Crippen LogP contribution in [-0.2, 0) is 9.59 Å². The lowest BCUT2D eigenvalue weighted by Crippen LogP contribution is -2.33. The molecule has 1 unspecified atom stereocenters. The Bertz CT molecular complexity index is 470. The van der Waals surface area contributed by atoms with Gasteiger partial charge in [-0.25, -0.2) is 0 Å². The Hall–Kier alpha value is -1.07. The number of aliphatic carboxylic acids is 1. The van der Waals surface area contributed by atoms with Gasteiger partial charge in [0, 0.05) is 11.4 Å². The minimum atomic E-state index is -0.861. The van der Waals surface area contributed by atoms with Gasteiger partial charge in [0.15, 0.2) is 0 Å². The lowest BCUT2D eigenvalue weighted by molar-refractivity contribution is -0.147. The summed E-state index contributed by atoms with van der Waals surface area (Å²) in [5, 5.41) is 11.7. The minimum absolute atomic E-state index is 0.111. The Labute approximate surface area is 121 Å². The Kier molecular flexibility index (Phi) is 5.38. The van der Waals surface area contributed by atoms with Crippen molar-refractivity contribution in [1.82, 2.24) is 5.32 Å². The second-order valence-electron chi connectivity index (χ2n) is 5.09. The average Bonchev–Trinajstić information content (AvgIpc) is 2.74. The summed E-state index contributed by atoms with van der Waals surface area (Å²) in [6, 6.07) is 3.59. The molecule has 1 aromatic heterocycles. The number of hydrogen-bond donors (Lipinski definition) is 2. The van der Waals surface area contributed by atoms with E-state index >= 15 is 0 Å². The molecule has 6 heteroatoms. The second-order valence-corrected chi connectivity index (χ2v) is 6.84. The van der Waals surface area contributed by atoms with E-state index in [1.165, 1.54) is 11.3 Å². The first-order valence-corrected chi connectivity index (χ1v) is 7.20. The number of carboxylic acids is 1. The van der Waals surface area contributed by atoms with Crippen LogP contribution >= 0.6 is 22.9 Å². The Morgan fingerprint density at radius 2 is 2.11 bits per heavy atom. The average molecular weight is 304 g/mol. The van der Waals surface area contributed by atoms with Gasteiger partial charge in [-0.2, -0.15) is 0 Å². The quantitative estimate of drug-likeness (QED) is 0.848. The summed E-state index contributed by atoms with van der Waals surface area (Å²) in [6.07, 6.45) is 0.395. The molecule has 0 saturated heterocycles. The molecule has 1 atom stereocenters. The first-order chi connectivity index (χ1) is 8.74. The molecule has 0 fully saturated rings. The summed E-state index contributed by atoms with van der Waals surface area (Å²) in [6.45, 7) is 5.44. The van der Waals surface area contributed by atoms with E-state index in [2.05, 4.69) is 5.32 Å². The molecule has 2 N–H and O–H groups in total. The molecule has 0 aliphatic carbocycles. The van der Waals surface area contributed by atoms with E-state index in [4.69, 9.17) is 16.7 Å². The fraction of sp³-hybridized carbons (Fsp3) is 0.538. The lowest BCUT2D eigenvalue weighted by atomic mass is 9.89. The van der Waals surface area contributed by atoms with E-state index in [0.717, 1.165) is 4.88 Å². The van der Waals surface area contributed by atoms with E-state index in [0.29, 0.717) is 17.3 Å². The minimum Gasteiger partial charge on any atom is -0.481 e. The van der Waals surface area contributed by atoms with Crippen LogP contribution in [0.15, 0.2) is 12.1 Å². The molecule has 1 aromatic rings. The van der Waals surface area contributed by atoms with E-state index < -0.39 is 11.4 Å². The molecule has 1 heterocycles. The number of rotatable bonds is 6. The molecule has 0 saturated carbocycles. The van der Waals surface area contributed by atoms with Crippen LogP contribution in [-0.4, -0.2) is 23.5 Å². The van der Waals surface area contributed by atoms with Crippen LogP contribution in [0.5, 0.6) is 0 Å². The van der Waals surface area contributed by atoms with Crippen LogP contribution in [0.25, 0.3) is 0 Å². The first-order valence-electron chi connectivity index (χ1n) is 6.00. The van der Waals surface area contributed by atoms with Crippen molar-refractivity contribution in [2.45, 2.75) is 33.1 Å². The fourth-order valence-corrected chi connectivity index (χ4v) is 2.56. The van der Waals surface area contributed by atoms with Crippen LogP contribution < -0.4 is 5.32 Å². The Balaban J connectivity index is 2.46. The lowest BCUT2D eigenvalue weighted by Gasteiger charge is -2.19. The predicted octanol–water partition coefficient (Wildman–Crippen LogP) is 3.12. The number of carboxylic acid groups (broad SMARTS) is 1. The second kappa shape index (κ2) is 6.39. The zero-order chi connectivity index (χ0) is 14.6. The van der Waals surface area contributed by atoms with Crippen molar-refractivity contribution in [3.63, 3.8) is 0 Å². The van der Waals surface area contributed by atoms with Crippen LogP contribution in [0, 0.1) is 5.41 Å². The van der Waals surface area contributed by atoms with E-state index in [1.807, 2.05) is 6.07 Å². The number of thiophene rings is 1. The summed E-state index contributed by atoms with van der Waals surface area (Å²) in [7, 11) is 0. The van der Waals surface area contributed by atoms with Gasteiger partial charge in [0.25, 0.3) is 0 Å². The molecule has 0 aliphatic heterocycles. The highest BCUT2D eigenvalue weighted by Crippen LogP contribution is 2.28. The highest BCUT2D eigenvalue weighted by molar-refractivity contribution is 7.16. The Morgan fingerprint density at radius 1 is 1.47 bits per heavy atom. The molecular formula is C13H18ClNO3S. The van der Waals surface area contributed by atoms with Crippen molar-refractivity contribution in [2.24, 2.45) is 5.41 Å². The number of carbonyl (C=O) groups excluding carboxylic acids is 1. The topological polar surface area (TPSA) is 66.4 Å². The maximum Gasteiger partial charge on any atom is 0.309 e. The van der Waals surface area contributed by atoms with Gasteiger partial charge in [0.05, 0.1) is 15.7 Å². The van der Waals surface area contributed by atoms with Crippen molar-refractivity contribution in [3.8, 4) is 0 Å². The largest absolute Gasteiger partial charge is 0.481 e. The molecule has 19 heavy (non-hydrogen) atoms. The van der Waals surface area contributed by atoms with E-state index in [-0.39, 0.29) is 11.8 Å². The summed E-state index contributed by atoms with van der Waals surface area (Å²) in [4.78, 5) is 23.7. The van der Waals surface area contributed by atoms with Crippen LogP contribution in [0.2, 0.25) is 4.34 Å². The third kappa shape index (κ3) is 4.51. The van der Waals surface area contributed by atoms with Gasteiger partial charge in [-0.05, 0) is 39.3 Å². The third-order valence-electron chi connectivity index (χ3n) is 3.04. The van der Waals surface area contributed by atoms with Crippen LogP contribution in [0.4, 0.5) is 0 Å². The molecule has 0 aromatic carbocycles. The monoisotopic (exact) mass is 303 g/mol. The molecule has 0 bridgehead atoms. The van der Waals surface area contributed by atoms with Crippen LogP contribution in [0.3, 0.4) is 0 Å². The number of carbonyl (C=O) groups is 2. The summed E-state index contributed by atoms with van der Waals surface area (Å²) < 4.78 is 0.654. The van der Waals surface area contributed by atoms with Gasteiger partial charge in [-0.15, -0.1) is 11.3 Å². The fourth-order valence-electron chi connectivity index (χ4n) is 1.45. The van der Waals surface area contributed by atoms with Gasteiger partial charge in [0.2, 0.25) is 5.91 Å². The van der Waals surface area contributed by atoms with Gasteiger partial charge in [0.1, 0.15) is 0 Å². The number of halogens is 1. The highest BCUT2D eigenvalue weighted by atomic mass is 35.5. The maximum absolute atomic E-state index is 11.9. The van der Waals surface area contributed by atoms with E-state index in [1.54, 1.807) is 26.8 Å². The van der Waals surface area contributed by atoms with Gasteiger partial charge in [-0.3, -0.25) is 9.59 Å². The summed E-state index contributed by atoms with van der Waals surface area (Å²) in [5.74, 6) is -1.25. The summed E-state index contributed by atoms with van der Waals surface area (Å²) in [5.41, 5.74) is -0.831. The first kappa shape index (κ1) is 16.0. The number of amides is 1. The van der Waals surface area contributed by atoms with Crippen molar-refractivity contribution in [2.75, 3.05) is 6.54 Å². The SMILES string of the molecule is CC(C(=O)NCCC(C)(C)C(=O)O)c1ccc(Cl)s1. The zero-order valence-corrected chi connectivity index (χ0v) is 12.8. The normalized spacial score (nSPS) is 13.1. The molecule has 106 valence electrons. The van der Waals surface area contributed by atoms with Crippen molar-refractivity contribution < 1.29 is 14.7 Å². The van der Waals surface area contributed by atoms with Gasteiger partial charge >= 0.3 is 5.97 Å². The molecular weight excluding hydrogens is 286 g/mol. The molecule has 0 spiro atoms. The molecule has 1 amide bonds. The highest BCUT2D eigenvalue weighted by Gasteiger charge is 2.27. The third-order valence-corrected chi connectivity index (χ3v) is 4.46. The number of nitrogens with one attached hydrogen (secondary N) is 1. The van der Waals surface area contributed by atoms with Crippen molar-refractivity contribution >= 4 is 34.8 Å². The zero-order valence-electron chi connectivity index (χ0n) is 11.2. The molecule has 0 radical (unpaired) electrons. The van der Waals surface area contributed by atoms with E-state index in [9.17, 15) is 9.59 Å². The standard InChI is InChI=1S/C13H18ClNO3S/c1-8(9-4-5-10(14)19-9)11(16)15-7-6-13(2,3)12(17)18/h4-5,8H,6-7H2,1-3H3,(H,15,16)(H,17,18). The number of hydrogen-bond acceptors (Lipinski definition) is 3. The maximum atomic E-state index is 11.9.